The van der Waals surface area contributed by atoms with Crippen molar-refractivity contribution in [3.8, 4) is 0 Å². The number of aliphatic hydroxyl groups excluding tert-OH is 1. The second kappa shape index (κ2) is 10.0. The maximum absolute atomic E-state index is 14.2. The molecule has 1 heterocycles. The first-order valence-electron chi connectivity index (χ1n) is 12.9. The van der Waals surface area contributed by atoms with Gasteiger partial charge in [-0.25, -0.2) is 0 Å². The fourth-order valence-corrected chi connectivity index (χ4v) is 6.68. The Hall–Kier alpha value is -3.03. The number of hydrogen-bond acceptors (Lipinski definition) is 6. The summed E-state index contributed by atoms with van der Waals surface area (Å²) in [5, 5.41) is 25.7. The van der Waals surface area contributed by atoms with Crippen molar-refractivity contribution < 1.29 is 29.3 Å². The van der Waals surface area contributed by atoms with E-state index in [9.17, 15) is 24.6 Å². The van der Waals surface area contributed by atoms with Gasteiger partial charge in [-0.1, -0.05) is 62.9 Å². The number of carbonyl (C=O) groups excluding carboxylic acids is 3. The summed E-state index contributed by atoms with van der Waals surface area (Å²) in [5.41, 5.74) is -1.55. The van der Waals surface area contributed by atoms with Gasteiger partial charge in [0.05, 0.1) is 6.10 Å². The zero-order chi connectivity index (χ0) is 27.1. The molecular formula is C30H37NO6. The quantitative estimate of drug-likeness (QED) is 0.428. The summed E-state index contributed by atoms with van der Waals surface area (Å²) in [4.78, 5) is 39.5. The smallest absolute Gasteiger partial charge is 0.303 e. The first-order chi connectivity index (χ1) is 17.4. The van der Waals surface area contributed by atoms with Crippen LogP contribution in [-0.4, -0.2) is 51.7 Å². The molecule has 1 spiro atoms. The largest absolute Gasteiger partial charge is 0.457 e. The van der Waals surface area contributed by atoms with Crippen LogP contribution in [0.1, 0.15) is 39.7 Å². The van der Waals surface area contributed by atoms with Gasteiger partial charge in [0.15, 0.2) is 5.78 Å². The van der Waals surface area contributed by atoms with Gasteiger partial charge in [-0.05, 0) is 49.0 Å². The Balaban J connectivity index is 1.94. The van der Waals surface area contributed by atoms with E-state index in [2.05, 4.69) is 11.9 Å². The van der Waals surface area contributed by atoms with Crippen molar-refractivity contribution in [3.05, 3.63) is 72.4 Å². The average molecular weight is 508 g/mol. The van der Waals surface area contributed by atoms with Crippen LogP contribution in [0.2, 0.25) is 0 Å². The van der Waals surface area contributed by atoms with Crippen LogP contribution < -0.4 is 5.32 Å². The van der Waals surface area contributed by atoms with E-state index in [1.807, 2.05) is 37.3 Å². The molecule has 0 aromatic heterocycles. The highest BCUT2D eigenvalue weighted by atomic mass is 16.5. The van der Waals surface area contributed by atoms with E-state index in [-0.39, 0.29) is 23.7 Å². The normalized spacial score (nSPS) is 41.6. The number of amides is 1. The third kappa shape index (κ3) is 4.59. The fraction of sp³-hybridized carbons (Fsp3) is 0.500. The highest BCUT2D eigenvalue weighted by Gasteiger charge is 2.68. The maximum atomic E-state index is 14.2. The number of hydrogen-bond donors (Lipinski definition) is 3. The Morgan fingerprint density at radius 1 is 1.19 bits per heavy atom. The van der Waals surface area contributed by atoms with E-state index in [4.69, 9.17) is 4.74 Å². The summed E-state index contributed by atoms with van der Waals surface area (Å²) < 4.78 is 5.81. The van der Waals surface area contributed by atoms with Crippen molar-refractivity contribution in [1.82, 2.24) is 5.32 Å². The molecule has 0 radical (unpaired) electrons. The Morgan fingerprint density at radius 2 is 1.86 bits per heavy atom. The SMILES string of the molecule is C=C1[C@@H](C)[C@H]2[C@H](Cc3ccccc3)NC(=O)[C@]23[C@@H](OC(C)=O)/C=C/[C@](C)(O)C(=O)[C@@H](C)C/C=C/[C@H]3[C@@H]1O. The van der Waals surface area contributed by atoms with Crippen LogP contribution >= 0.6 is 0 Å². The van der Waals surface area contributed by atoms with Crippen molar-refractivity contribution >= 4 is 17.7 Å². The minimum Gasteiger partial charge on any atom is -0.457 e. The van der Waals surface area contributed by atoms with Gasteiger partial charge in [-0.3, -0.25) is 14.4 Å². The van der Waals surface area contributed by atoms with E-state index in [0.29, 0.717) is 18.4 Å². The van der Waals surface area contributed by atoms with Crippen LogP contribution in [0.25, 0.3) is 0 Å². The fourth-order valence-electron chi connectivity index (χ4n) is 6.68. The van der Waals surface area contributed by atoms with Crippen LogP contribution in [0.5, 0.6) is 0 Å². The standard InChI is InChI=1S/C30H37NO6/c1-17-10-9-13-22-26(33)19(3)18(2)25-23(16-21-11-7-6-8-12-21)31-28(35)30(22,25)24(37-20(4)32)14-15-29(5,36)27(17)34/h6-9,11-15,17-18,22-26,33,36H,3,10,16H2,1-2,4-5H3,(H,31,35)/b13-9+,15-14+/t17-,18+,22-,23-,24-,25-,26+,29-,30+/m0/s1. The lowest BCUT2D eigenvalue weighted by atomic mass is 9.51. The van der Waals surface area contributed by atoms with Gasteiger partial charge in [-0.2, -0.15) is 0 Å². The number of ether oxygens (including phenoxy) is 1. The highest BCUT2D eigenvalue weighted by molar-refractivity contribution is 5.91. The molecule has 1 aliphatic heterocycles. The number of ketones is 1. The lowest BCUT2D eigenvalue weighted by Crippen LogP contribution is -2.60. The zero-order valence-corrected chi connectivity index (χ0v) is 21.9. The number of aliphatic hydroxyl groups is 2. The van der Waals surface area contributed by atoms with Gasteiger partial charge in [0.2, 0.25) is 5.91 Å². The maximum Gasteiger partial charge on any atom is 0.303 e. The predicted octanol–water partition coefficient (Wildman–Crippen LogP) is 2.92. The van der Waals surface area contributed by atoms with E-state index in [1.165, 1.54) is 26.0 Å². The van der Waals surface area contributed by atoms with E-state index in [0.717, 1.165) is 5.56 Å². The molecule has 1 aromatic rings. The van der Waals surface area contributed by atoms with Crippen molar-refractivity contribution in [2.75, 3.05) is 0 Å². The molecule has 1 amide bonds. The van der Waals surface area contributed by atoms with E-state index in [1.54, 1.807) is 19.1 Å². The molecule has 0 bridgehead atoms. The molecule has 4 rings (SSSR count). The van der Waals surface area contributed by atoms with Crippen molar-refractivity contribution in [3.63, 3.8) is 0 Å². The topological polar surface area (TPSA) is 113 Å². The molecule has 9 atom stereocenters. The van der Waals surface area contributed by atoms with Gasteiger partial charge in [0.25, 0.3) is 0 Å². The average Bonchev–Trinajstić information content (AvgIpc) is 3.13. The lowest BCUT2D eigenvalue weighted by Gasteiger charge is -2.52. The number of nitrogens with one attached hydrogen (secondary N) is 1. The van der Waals surface area contributed by atoms with Crippen LogP contribution in [0, 0.1) is 29.1 Å². The number of benzene rings is 1. The molecule has 2 fully saturated rings. The second-order valence-electron chi connectivity index (χ2n) is 11.0. The summed E-state index contributed by atoms with van der Waals surface area (Å²) in [6, 6.07) is 9.49. The third-order valence-electron chi connectivity index (χ3n) is 8.53. The monoisotopic (exact) mass is 507 g/mol. The molecule has 7 heteroatoms. The minimum atomic E-state index is -1.82. The van der Waals surface area contributed by atoms with Crippen LogP contribution in [-0.2, 0) is 25.5 Å². The Labute approximate surface area is 218 Å². The van der Waals surface area contributed by atoms with Gasteiger partial charge >= 0.3 is 5.97 Å². The number of rotatable bonds is 3. The second-order valence-corrected chi connectivity index (χ2v) is 11.0. The molecule has 1 saturated carbocycles. The van der Waals surface area contributed by atoms with Gasteiger partial charge < -0.3 is 20.3 Å². The van der Waals surface area contributed by atoms with Crippen molar-refractivity contribution in [1.29, 1.82) is 0 Å². The summed E-state index contributed by atoms with van der Waals surface area (Å²) in [7, 11) is 0. The molecule has 1 saturated heterocycles. The molecule has 3 N–H and O–H groups in total. The highest BCUT2D eigenvalue weighted by Crippen LogP contribution is 2.58. The molecule has 3 aliphatic rings. The molecule has 7 nitrogen and oxygen atoms in total. The van der Waals surface area contributed by atoms with Crippen LogP contribution in [0.4, 0.5) is 0 Å². The minimum absolute atomic E-state index is 0.287. The number of Topliss-reactive ketones (excluding diaryl/α,β-unsaturated/α-hetero) is 1. The Bertz CT molecular complexity index is 1140. The van der Waals surface area contributed by atoms with Gasteiger partial charge in [0, 0.05) is 30.7 Å². The molecule has 0 unspecified atom stereocenters. The van der Waals surface area contributed by atoms with Crippen molar-refractivity contribution in [2.45, 2.75) is 64.4 Å². The first-order valence-corrected chi connectivity index (χ1v) is 12.9. The summed E-state index contributed by atoms with van der Waals surface area (Å²) >= 11 is 0. The summed E-state index contributed by atoms with van der Waals surface area (Å²) in [6.45, 7) is 10.5. The summed E-state index contributed by atoms with van der Waals surface area (Å²) in [5.74, 6) is -3.26. The molecular weight excluding hydrogens is 470 g/mol. The van der Waals surface area contributed by atoms with E-state index >= 15 is 0 Å². The number of carbonyl (C=O) groups is 3. The zero-order valence-electron chi connectivity index (χ0n) is 21.9. The van der Waals surface area contributed by atoms with E-state index < -0.39 is 46.9 Å². The Morgan fingerprint density at radius 3 is 2.51 bits per heavy atom. The lowest BCUT2D eigenvalue weighted by molar-refractivity contribution is -0.166. The molecule has 198 valence electrons. The third-order valence-corrected chi connectivity index (χ3v) is 8.53. The summed E-state index contributed by atoms with van der Waals surface area (Å²) in [6.07, 6.45) is 5.01. The first kappa shape index (κ1) is 27.0. The molecule has 2 aliphatic carbocycles. The number of allylic oxidation sites excluding steroid dienone is 1. The van der Waals surface area contributed by atoms with Gasteiger partial charge in [0.1, 0.15) is 17.1 Å². The van der Waals surface area contributed by atoms with Crippen molar-refractivity contribution in [2.24, 2.45) is 29.1 Å². The molecule has 1 aromatic carbocycles. The number of esters is 1. The van der Waals surface area contributed by atoms with Gasteiger partial charge in [-0.15, -0.1) is 0 Å². The Kier molecular flexibility index (Phi) is 7.32. The molecule has 37 heavy (non-hydrogen) atoms. The van der Waals surface area contributed by atoms with Crippen LogP contribution in [0.3, 0.4) is 0 Å². The predicted molar refractivity (Wildman–Crippen MR) is 139 cm³/mol. The van der Waals surface area contributed by atoms with Crippen LogP contribution in [0.15, 0.2) is 66.8 Å².